The van der Waals surface area contributed by atoms with E-state index >= 15 is 0 Å². The molecule has 0 atom stereocenters. The molecule has 0 spiro atoms. The summed E-state index contributed by atoms with van der Waals surface area (Å²) in [4.78, 5) is 11.8. The van der Waals surface area contributed by atoms with Gasteiger partial charge in [0.25, 0.3) is 0 Å². The molecule has 0 amide bonds. The van der Waals surface area contributed by atoms with E-state index in [9.17, 15) is 9.90 Å². The Hall–Kier alpha value is -2.95. The van der Waals surface area contributed by atoms with Crippen molar-refractivity contribution in [1.29, 1.82) is 0 Å². The third kappa shape index (κ3) is 2.07. The van der Waals surface area contributed by atoms with E-state index in [1.54, 1.807) is 41.1 Å². The van der Waals surface area contributed by atoms with Crippen molar-refractivity contribution in [1.82, 2.24) is 4.57 Å². The van der Waals surface area contributed by atoms with Crippen molar-refractivity contribution in [2.75, 3.05) is 14.2 Å². The lowest BCUT2D eigenvalue weighted by molar-refractivity contribution is 0.0603. The molecule has 0 aliphatic rings. The summed E-state index contributed by atoms with van der Waals surface area (Å²) in [5.74, 6) is 0.0488. The van der Waals surface area contributed by atoms with E-state index in [2.05, 4.69) is 0 Å². The van der Waals surface area contributed by atoms with Crippen molar-refractivity contribution < 1.29 is 19.4 Å². The first-order chi connectivity index (χ1) is 10.7. The average molecular weight is 297 g/mol. The van der Waals surface area contributed by atoms with Crippen LogP contribution in [0.25, 0.3) is 16.6 Å². The van der Waals surface area contributed by atoms with Gasteiger partial charge >= 0.3 is 5.97 Å². The fourth-order valence-corrected chi connectivity index (χ4v) is 2.54. The zero-order valence-corrected chi connectivity index (χ0v) is 12.2. The fourth-order valence-electron chi connectivity index (χ4n) is 2.54. The number of hydrogen-bond acceptors (Lipinski definition) is 4. The normalized spacial score (nSPS) is 10.6. The number of aromatic nitrogens is 1. The maximum absolute atomic E-state index is 11.8. The highest BCUT2D eigenvalue weighted by Crippen LogP contribution is 2.34. The summed E-state index contributed by atoms with van der Waals surface area (Å²) in [6.45, 7) is 0. The van der Waals surface area contributed by atoms with E-state index in [1.807, 2.05) is 12.1 Å². The number of carbonyl (C=O) groups excluding carboxylic acids is 1. The zero-order valence-electron chi connectivity index (χ0n) is 12.2. The molecule has 0 aliphatic carbocycles. The highest BCUT2D eigenvalue weighted by molar-refractivity contribution is 6.04. The lowest BCUT2D eigenvalue weighted by Crippen LogP contribution is -2.01. The number of phenolic OH excluding ortho intramolecular Hbond substituents is 1. The molecule has 112 valence electrons. The van der Waals surface area contributed by atoms with E-state index < -0.39 is 5.97 Å². The molecule has 0 fully saturated rings. The summed E-state index contributed by atoms with van der Waals surface area (Å²) in [6, 6.07) is 12.4. The van der Waals surface area contributed by atoms with Gasteiger partial charge in [0.15, 0.2) is 11.5 Å². The molecular formula is C17H15NO4. The third-order valence-corrected chi connectivity index (χ3v) is 3.60. The number of rotatable bonds is 3. The van der Waals surface area contributed by atoms with Crippen molar-refractivity contribution >= 4 is 16.9 Å². The third-order valence-electron chi connectivity index (χ3n) is 3.60. The quantitative estimate of drug-likeness (QED) is 0.754. The van der Waals surface area contributed by atoms with Gasteiger partial charge in [-0.15, -0.1) is 0 Å². The number of carbonyl (C=O) groups is 1. The van der Waals surface area contributed by atoms with Crippen molar-refractivity contribution in [3.8, 4) is 17.2 Å². The van der Waals surface area contributed by atoms with Crippen molar-refractivity contribution in [2.24, 2.45) is 0 Å². The lowest BCUT2D eigenvalue weighted by Gasteiger charge is -2.11. The Bertz CT molecular complexity index is 851. The van der Waals surface area contributed by atoms with E-state index in [4.69, 9.17) is 9.47 Å². The van der Waals surface area contributed by atoms with E-state index in [0.717, 1.165) is 10.9 Å². The Labute approximate surface area is 127 Å². The minimum atomic E-state index is -0.391. The molecule has 3 aromatic rings. The number of para-hydroxylation sites is 1. The Morgan fingerprint density at radius 3 is 2.59 bits per heavy atom. The maximum Gasteiger partial charge on any atom is 0.338 e. The number of aromatic hydroxyl groups is 1. The minimum absolute atomic E-state index is 0.0472. The first-order valence-electron chi connectivity index (χ1n) is 6.72. The molecule has 0 saturated heterocycles. The molecule has 22 heavy (non-hydrogen) atoms. The van der Waals surface area contributed by atoms with Crippen LogP contribution in [0.1, 0.15) is 10.4 Å². The van der Waals surface area contributed by atoms with Crippen LogP contribution >= 0.6 is 0 Å². The van der Waals surface area contributed by atoms with Crippen molar-refractivity contribution in [3.63, 3.8) is 0 Å². The monoisotopic (exact) mass is 297 g/mol. The Morgan fingerprint density at radius 1 is 1.09 bits per heavy atom. The molecule has 1 N–H and O–H groups in total. The predicted molar refractivity (Wildman–Crippen MR) is 82.8 cm³/mol. The Morgan fingerprint density at radius 2 is 1.86 bits per heavy atom. The minimum Gasteiger partial charge on any atom is -0.503 e. The fraction of sp³-hybridized carbons (Fsp3) is 0.118. The first kappa shape index (κ1) is 14.0. The van der Waals surface area contributed by atoms with Gasteiger partial charge in [0.2, 0.25) is 0 Å². The summed E-state index contributed by atoms with van der Waals surface area (Å²) in [5.41, 5.74) is 1.86. The molecular weight excluding hydrogens is 282 g/mol. The maximum atomic E-state index is 11.8. The molecule has 0 radical (unpaired) electrons. The number of phenols is 1. The molecule has 1 heterocycles. The molecule has 5 heteroatoms. The van der Waals surface area contributed by atoms with Gasteiger partial charge < -0.3 is 19.1 Å². The van der Waals surface area contributed by atoms with Crippen LogP contribution < -0.4 is 4.74 Å². The van der Waals surface area contributed by atoms with Crippen molar-refractivity contribution in [2.45, 2.75) is 0 Å². The van der Waals surface area contributed by atoms with Crippen LogP contribution in [0, 0.1) is 0 Å². The van der Waals surface area contributed by atoms with Gasteiger partial charge in [0.1, 0.15) is 0 Å². The van der Waals surface area contributed by atoms with Crippen LogP contribution in [-0.2, 0) is 4.74 Å². The van der Waals surface area contributed by atoms with Crippen LogP contribution in [0.15, 0.2) is 48.7 Å². The van der Waals surface area contributed by atoms with Gasteiger partial charge in [-0.1, -0.05) is 12.1 Å². The highest BCUT2D eigenvalue weighted by atomic mass is 16.5. The van der Waals surface area contributed by atoms with Crippen LogP contribution in [0.4, 0.5) is 0 Å². The smallest absolute Gasteiger partial charge is 0.338 e. The number of methoxy groups -OCH3 is 2. The number of esters is 1. The van der Waals surface area contributed by atoms with Crippen LogP contribution in [0.3, 0.4) is 0 Å². The number of benzene rings is 2. The number of ether oxygens (including phenoxy) is 2. The zero-order chi connectivity index (χ0) is 15.7. The molecule has 0 unspecified atom stereocenters. The summed E-state index contributed by atoms with van der Waals surface area (Å²) < 4.78 is 11.7. The van der Waals surface area contributed by atoms with Gasteiger partial charge in [0.05, 0.1) is 31.0 Å². The highest BCUT2D eigenvalue weighted by Gasteiger charge is 2.15. The molecule has 0 aliphatic heterocycles. The largest absolute Gasteiger partial charge is 0.503 e. The van der Waals surface area contributed by atoms with Crippen LogP contribution in [-0.4, -0.2) is 29.9 Å². The lowest BCUT2D eigenvalue weighted by atomic mass is 10.1. The van der Waals surface area contributed by atoms with Gasteiger partial charge in [-0.3, -0.25) is 0 Å². The predicted octanol–water partition coefficient (Wildman–Crippen LogP) is 3.13. The second-order valence-electron chi connectivity index (χ2n) is 4.74. The SMILES string of the molecule is COC(=O)c1cccc2c1ccn2-c1cccc(OC)c1O. The summed E-state index contributed by atoms with van der Waals surface area (Å²) in [6.07, 6.45) is 1.80. The molecule has 1 aromatic heterocycles. The van der Waals surface area contributed by atoms with Gasteiger partial charge in [-0.05, 0) is 30.3 Å². The average Bonchev–Trinajstić information content (AvgIpc) is 2.98. The van der Waals surface area contributed by atoms with Crippen LogP contribution in [0.5, 0.6) is 11.5 Å². The molecule has 2 aromatic carbocycles. The summed E-state index contributed by atoms with van der Waals surface area (Å²) >= 11 is 0. The van der Waals surface area contributed by atoms with Gasteiger partial charge in [0, 0.05) is 11.6 Å². The van der Waals surface area contributed by atoms with Gasteiger partial charge in [-0.2, -0.15) is 0 Å². The van der Waals surface area contributed by atoms with E-state index in [-0.39, 0.29) is 5.75 Å². The first-order valence-corrected chi connectivity index (χ1v) is 6.72. The van der Waals surface area contributed by atoms with E-state index in [1.165, 1.54) is 14.2 Å². The molecule has 0 bridgehead atoms. The van der Waals surface area contributed by atoms with Crippen LogP contribution in [0.2, 0.25) is 0 Å². The van der Waals surface area contributed by atoms with E-state index in [0.29, 0.717) is 17.0 Å². The second-order valence-corrected chi connectivity index (χ2v) is 4.74. The second kappa shape index (κ2) is 5.44. The standard InChI is InChI=1S/C17H15NO4/c1-21-15-8-4-7-14(16(15)19)18-10-9-11-12(17(20)22-2)5-3-6-13(11)18/h3-10,19H,1-2H3. The number of hydrogen-bond donors (Lipinski definition) is 1. The summed E-state index contributed by atoms with van der Waals surface area (Å²) in [5, 5.41) is 11.1. The molecule has 3 rings (SSSR count). The number of nitrogens with zero attached hydrogens (tertiary/aromatic N) is 1. The Balaban J connectivity index is 2.24. The number of fused-ring (bicyclic) bond motifs is 1. The molecule has 0 saturated carbocycles. The van der Waals surface area contributed by atoms with Crippen molar-refractivity contribution in [3.05, 3.63) is 54.2 Å². The summed E-state index contributed by atoms with van der Waals surface area (Å²) in [7, 11) is 2.86. The van der Waals surface area contributed by atoms with Gasteiger partial charge in [-0.25, -0.2) is 4.79 Å². The molecule has 5 nitrogen and oxygen atoms in total. The Kier molecular flexibility index (Phi) is 3.47. The topological polar surface area (TPSA) is 60.7 Å².